The van der Waals surface area contributed by atoms with E-state index >= 15 is 0 Å². The Hall–Kier alpha value is -1.01. The van der Waals surface area contributed by atoms with Gasteiger partial charge in [0, 0.05) is 16.6 Å². The Kier molecular flexibility index (Phi) is 5.68. The van der Waals surface area contributed by atoms with Crippen molar-refractivity contribution in [3.63, 3.8) is 0 Å². The summed E-state index contributed by atoms with van der Waals surface area (Å²) < 4.78 is 26.5. The molecule has 100 valence electrons. The Morgan fingerprint density at radius 2 is 2.11 bits per heavy atom. The molecule has 0 fully saturated rings. The van der Waals surface area contributed by atoms with Crippen LogP contribution >= 0.6 is 15.9 Å². The Bertz CT molecular complexity index is 417. The molecule has 0 aliphatic rings. The van der Waals surface area contributed by atoms with Crippen molar-refractivity contribution in [3.8, 4) is 0 Å². The molecule has 1 amide bonds. The number of nitrogens with one attached hydrogen (secondary N) is 2. The van der Waals surface area contributed by atoms with Crippen molar-refractivity contribution in [1.82, 2.24) is 5.32 Å². The first-order valence-corrected chi connectivity index (χ1v) is 6.41. The third kappa shape index (κ3) is 4.34. The van der Waals surface area contributed by atoms with Crippen molar-refractivity contribution < 1.29 is 13.6 Å². The number of carbonyl (C=O) groups excluding carboxylic acids is 1. The predicted octanol–water partition coefficient (Wildman–Crippen LogP) is 3.05. The van der Waals surface area contributed by atoms with Crippen LogP contribution in [0.4, 0.5) is 14.5 Å². The van der Waals surface area contributed by atoms with Gasteiger partial charge in [0.15, 0.2) is 5.82 Å². The first kappa shape index (κ1) is 15.0. The molecule has 1 rings (SSSR count). The van der Waals surface area contributed by atoms with Crippen molar-refractivity contribution in [3.05, 3.63) is 28.2 Å². The van der Waals surface area contributed by atoms with E-state index in [9.17, 15) is 13.6 Å². The fraction of sp³-hybridized carbons (Fsp3) is 0.417. The summed E-state index contributed by atoms with van der Waals surface area (Å²) in [5.74, 6) is -1.88. The maximum absolute atomic E-state index is 13.4. The molecule has 1 unspecified atom stereocenters. The lowest BCUT2D eigenvalue weighted by Gasteiger charge is -2.12. The zero-order chi connectivity index (χ0) is 13.7. The maximum atomic E-state index is 13.4. The average molecular weight is 321 g/mol. The van der Waals surface area contributed by atoms with Crippen molar-refractivity contribution in [1.29, 1.82) is 0 Å². The summed E-state index contributed by atoms with van der Waals surface area (Å²) >= 11 is 3.01. The third-order valence-electron chi connectivity index (χ3n) is 2.49. The van der Waals surface area contributed by atoms with Gasteiger partial charge in [0.05, 0.1) is 12.2 Å². The van der Waals surface area contributed by atoms with Gasteiger partial charge in [-0.1, -0.05) is 6.92 Å². The number of carbonyl (C=O) groups is 1. The van der Waals surface area contributed by atoms with Gasteiger partial charge in [0.1, 0.15) is 5.82 Å². The maximum Gasteiger partial charge on any atom is 0.238 e. The van der Waals surface area contributed by atoms with Gasteiger partial charge in [-0.05, 0) is 35.3 Å². The number of hydrogen-bond donors (Lipinski definition) is 2. The summed E-state index contributed by atoms with van der Waals surface area (Å²) in [7, 11) is 0. The molecule has 0 bridgehead atoms. The van der Waals surface area contributed by atoms with Crippen molar-refractivity contribution in [2.45, 2.75) is 26.3 Å². The summed E-state index contributed by atoms with van der Waals surface area (Å²) in [5, 5.41) is 5.37. The standard InChI is InChI=1S/C12H15BrF2N2O/c1-3-7(2)16-6-11(18)17-12-9(13)4-8(14)5-10(12)15/h4-5,7,16H,3,6H2,1-2H3,(H,17,18). The van der Waals surface area contributed by atoms with Crippen molar-refractivity contribution in [2.75, 3.05) is 11.9 Å². The quantitative estimate of drug-likeness (QED) is 0.875. The highest BCUT2D eigenvalue weighted by Gasteiger charge is 2.12. The summed E-state index contributed by atoms with van der Waals surface area (Å²) in [6.07, 6.45) is 0.891. The third-order valence-corrected chi connectivity index (χ3v) is 3.12. The van der Waals surface area contributed by atoms with E-state index in [-0.39, 0.29) is 28.7 Å². The SMILES string of the molecule is CCC(C)NCC(=O)Nc1c(F)cc(F)cc1Br. The fourth-order valence-corrected chi connectivity index (χ4v) is 1.76. The topological polar surface area (TPSA) is 41.1 Å². The second-order valence-corrected chi connectivity index (χ2v) is 4.84. The minimum absolute atomic E-state index is 0.0487. The molecule has 18 heavy (non-hydrogen) atoms. The molecular weight excluding hydrogens is 306 g/mol. The molecule has 0 aromatic heterocycles. The second kappa shape index (κ2) is 6.80. The molecule has 0 aliphatic heterocycles. The van der Waals surface area contributed by atoms with Gasteiger partial charge in [0.2, 0.25) is 5.91 Å². The number of amides is 1. The van der Waals surface area contributed by atoms with Gasteiger partial charge in [-0.3, -0.25) is 4.79 Å². The monoisotopic (exact) mass is 320 g/mol. The molecule has 0 saturated carbocycles. The molecular formula is C12H15BrF2N2O. The van der Waals surface area contributed by atoms with Gasteiger partial charge in [0.25, 0.3) is 0 Å². The van der Waals surface area contributed by atoms with Crippen LogP contribution in [-0.2, 0) is 4.79 Å². The van der Waals surface area contributed by atoms with Gasteiger partial charge in [-0.15, -0.1) is 0 Å². The van der Waals surface area contributed by atoms with E-state index < -0.39 is 11.6 Å². The first-order chi connectivity index (χ1) is 8.43. The molecule has 2 N–H and O–H groups in total. The molecule has 1 aromatic rings. The zero-order valence-corrected chi connectivity index (χ0v) is 11.8. The van der Waals surface area contributed by atoms with Crippen molar-refractivity contribution >= 4 is 27.5 Å². The summed E-state index contributed by atoms with van der Waals surface area (Å²) in [4.78, 5) is 11.6. The molecule has 0 aliphatic carbocycles. The minimum Gasteiger partial charge on any atom is -0.322 e. The Labute approximate surface area is 113 Å². The van der Waals surface area contributed by atoms with Crippen LogP contribution in [-0.4, -0.2) is 18.5 Å². The highest BCUT2D eigenvalue weighted by Crippen LogP contribution is 2.26. The molecule has 0 radical (unpaired) electrons. The Balaban J connectivity index is 2.65. The van der Waals surface area contributed by atoms with E-state index in [0.29, 0.717) is 0 Å². The van der Waals surface area contributed by atoms with Gasteiger partial charge in [-0.25, -0.2) is 8.78 Å². The van der Waals surface area contributed by atoms with Crippen LogP contribution in [0, 0.1) is 11.6 Å². The number of rotatable bonds is 5. The molecule has 6 heteroatoms. The zero-order valence-electron chi connectivity index (χ0n) is 10.2. The fourth-order valence-electron chi connectivity index (χ4n) is 1.26. The lowest BCUT2D eigenvalue weighted by Crippen LogP contribution is -2.34. The second-order valence-electron chi connectivity index (χ2n) is 3.98. The number of halogens is 3. The highest BCUT2D eigenvalue weighted by molar-refractivity contribution is 9.10. The minimum atomic E-state index is -0.807. The molecule has 0 spiro atoms. The number of hydrogen-bond acceptors (Lipinski definition) is 2. The summed E-state index contributed by atoms with van der Waals surface area (Å²) in [6.45, 7) is 4.02. The summed E-state index contributed by atoms with van der Waals surface area (Å²) in [5.41, 5.74) is -0.0487. The predicted molar refractivity (Wildman–Crippen MR) is 70.4 cm³/mol. The first-order valence-electron chi connectivity index (χ1n) is 5.61. The largest absolute Gasteiger partial charge is 0.322 e. The van der Waals surface area contributed by atoms with E-state index in [1.165, 1.54) is 0 Å². The van der Waals surface area contributed by atoms with E-state index in [1.54, 1.807) is 0 Å². The van der Waals surface area contributed by atoms with Gasteiger partial charge in [-0.2, -0.15) is 0 Å². The molecule has 3 nitrogen and oxygen atoms in total. The van der Waals surface area contributed by atoms with E-state index in [4.69, 9.17) is 0 Å². The lowest BCUT2D eigenvalue weighted by atomic mass is 10.2. The number of benzene rings is 1. The van der Waals surface area contributed by atoms with Crippen LogP contribution in [0.25, 0.3) is 0 Å². The molecule has 0 heterocycles. The highest BCUT2D eigenvalue weighted by atomic mass is 79.9. The normalized spacial score (nSPS) is 12.3. The summed E-state index contributed by atoms with van der Waals surface area (Å²) in [6, 6.07) is 2.03. The van der Waals surface area contributed by atoms with Crippen LogP contribution in [0.3, 0.4) is 0 Å². The van der Waals surface area contributed by atoms with Crippen LogP contribution in [0.15, 0.2) is 16.6 Å². The Morgan fingerprint density at radius 1 is 1.44 bits per heavy atom. The lowest BCUT2D eigenvalue weighted by molar-refractivity contribution is -0.115. The van der Waals surface area contributed by atoms with E-state index in [1.807, 2.05) is 13.8 Å². The van der Waals surface area contributed by atoms with Gasteiger partial charge < -0.3 is 10.6 Å². The molecule has 0 saturated heterocycles. The van der Waals surface area contributed by atoms with Crippen LogP contribution in [0.5, 0.6) is 0 Å². The van der Waals surface area contributed by atoms with Crippen LogP contribution in [0.1, 0.15) is 20.3 Å². The smallest absolute Gasteiger partial charge is 0.238 e. The van der Waals surface area contributed by atoms with Gasteiger partial charge >= 0.3 is 0 Å². The van der Waals surface area contributed by atoms with Crippen molar-refractivity contribution in [2.24, 2.45) is 0 Å². The Morgan fingerprint density at radius 3 is 2.67 bits per heavy atom. The average Bonchev–Trinajstić information content (AvgIpc) is 2.30. The van der Waals surface area contributed by atoms with E-state index in [0.717, 1.165) is 18.6 Å². The molecule has 1 atom stereocenters. The van der Waals surface area contributed by atoms with Crippen LogP contribution in [0.2, 0.25) is 0 Å². The van der Waals surface area contributed by atoms with Crippen LogP contribution < -0.4 is 10.6 Å². The van der Waals surface area contributed by atoms with E-state index in [2.05, 4.69) is 26.6 Å². The number of anilines is 1. The molecule has 1 aromatic carbocycles.